The van der Waals surface area contributed by atoms with Crippen molar-refractivity contribution in [3.63, 3.8) is 0 Å². The topological polar surface area (TPSA) is 38.3 Å². The quantitative estimate of drug-likeness (QED) is 0.882. The Kier molecular flexibility index (Phi) is 5.17. The molecule has 0 radical (unpaired) electrons. The number of hydrogen-bond acceptors (Lipinski definition) is 2. The molecule has 3 nitrogen and oxygen atoms in total. The van der Waals surface area contributed by atoms with Gasteiger partial charge in [-0.25, -0.2) is 0 Å². The lowest BCUT2D eigenvalue weighted by atomic mass is 10.1. The summed E-state index contributed by atoms with van der Waals surface area (Å²) in [6.45, 7) is 5.36. The van der Waals surface area contributed by atoms with E-state index in [1.54, 1.807) is 0 Å². The minimum atomic E-state index is -4.53. The number of rotatable bonds is 4. The van der Waals surface area contributed by atoms with Gasteiger partial charge in [-0.1, -0.05) is 18.2 Å². The summed E-state index contributed by atoms with van der Waals surface area (Å²) >= 11 is 0. The summed E-state index contributed by atoms with van der Waals surface area (Å²) in [5, 5.41) is 2.25. The first-order chi connectivity index (χ1) is 11.2. The molecule has 0 aliphatic heterocycles. The lowest BCUT2D eigenvalue weighted by Crippen LogP contribution is -2.22. The normalized spacial score (nSPS) is 11.2. The van der Waals surface area contributed by atoms with Crippen molar-refractivity contribution >= 4 is 11.6 Å². The summed E-state index contributed by atoms with van der Waals surface area (Å²) in [6, 6.07) is 8.57. The number of alkyl halides is 3. The van der Waals surface area contributed by atoms with E-state index in [-0.39, 0.29) is 12.3 Å². The van der Waals surface area contributed by atoms with Gasteiger partial charge in [-0.15, -0.1) is 0 Å². The highest BCUT2D eigenvalue weighted by molar-refractivity contribution is 5.92. The maximum absolute atomic E-state index is 12.9. The van der Waals surface area contributed by atoms with Crippen molar-refractivity contribution < 1.29 is 22.7 Å². The molecule has 0 atom stereocenters. The van der Waals surface area contributed by atoms with Gasteiger partial charge in [-0.3, -0.25) is 4.79 Å². The van der Waals surface area contributed by atoms with E-state index in [1.807, 2.05) is 32.9 Å². The Balaban J connectivity index is 2.06. The molecule has 6 heteroatoms. The number of anilines is 1. The number of ether oxygens (including phenoxy) is 1. The maximum Gasteiger partial charge on any atom is 0.418 e. The molecule has 0 aliphatic carbocycles. The predicted molar refractivity (Wildman–Crippen MR) is 86.2 cm³/mol. The van der Waals surface area contributed by atoms with Gasteiger partial charge in [0.25, 0.3) is 5.91 Å². The molecule has 128 valence electrons. The molecule has 2 rings (SSSR count). The highest BCUT2D eigenvalue weighted by Crippen LogP contribution is 2.34. The first-order valence-corrected chi connectivity index (χ1v) is 7.35. The standard InChI is InChI=1S/C18H18F3NO2/c1-11-8-13(3)16(9-12(11)2)24-10-17(23)22-15-7-5-4-6-14(15)18(19,20)21/h4-9H,10H2,1-3H3,(H,22,23). The number of benzene rings is 2. The molecule has 0 unspecified atom stereocenters. The zero-order valence-electron chi connectivity index (χ0n) is 13.6. The molecule has 2 aromatic rings. The fourth-order valence-corrected chi connectivity index (χ4v) is 2.26. The minimum Gasteiger partial charge on any atom is -0.483 e. The summed E-state index contributed by atoms with van der Waals surface area (Å²) < 4.78 is 44.1. The predicted octanol–water partition coefficient (Wildman–Crippen LogP) is 4.65. The fourth-order valence-electron chi connectivity index (χ4n) is 2.26. The molecule has 1 amide bonds. The first kappa shape index (κ1) is 17.8. The maximum atomic E-state index is 12.9. The SMILES string of the molecule is Cc1cc(C)c(OCC(=O)Nc2ccccc2C(F)(F)F)cc1C. The average Bonchev–Trinajstić information content (AvgIpc) is 2.49. The molecule has 0 spiro atoms. The summed E-state index contributed by atoms with van der Waals surface area (Å²) in [5.74, 6) is -0.110. The number of halogens is 3. The summed E-state index contributed by atoms with van der Waals surface area (Å²) in [7, 11) is 0. The van der Waals surface area contributed by atoms with Crippen LogP contribution in [0.2, 0.25) is 0 Å². The van der Waals surface area contributed by atoms with Gasteiger partial charge in [0, 0.05) is 0 Å². The number of carbonyl (C=O) groups excluding carboxylic acids is 1. The van der Waals surface area contributed by atoms with Gasteiger partial charge >= 0.3 is 6.18 Å². The number of nitrogens with one attached hydrogen (secondary N) is 1. The number of amides is 1. The van der Waals surface area contributed by atoms with Crippen LogP contribution < -0.4 is 10.1 Å². The number of para-hydroxylation sites is 1. The Morgan fingerprint density at radius 2 is 1.67 bits per heavy atom. The van der Waals surface area contributed by atoms with Crippen LogP contribution in [0, 0.1) is 20.8 Å². The molecule has 0 aromatic heterocycles. The molecule has 0 bridgehead atoms. The van der Waals surface area contributed by atoms with Gasteiger partial charge in [-0.2, -0.15) is 13.2 Å². The van der Waals surface area contributed by atoms with Crippen molar-refractivity contribution in [2.45, 2.75) is 26.9 Å². The van der Waals surface area contributed by atoms with E-state index in [0.717, 1.165) is 22.8 Å². The summed E-state index contributed by atoms with van der Waals surface area (Å²) in [5.41, 5.74) is 1.81. The van der Waals surface area contributed by atoms with Crippen LogP contribution in [0.4, 0.5) is 18.9 Å². The fraction of sp³-hybridized carbons (Fsp3) is 0.278. The molecular weight excluding hydrogens is 319 g/mol. The number of carbonyl (C=O) groups is 1. The number of aryl methyl sites for hydroxylation is 3. The van der Waals surface area contributed by atoms with Crippen LogP contribution in [0.3, 0.4) is 0 Å². The van der Waals surface area contributed by atoms with Crippen LogP contribution in [0.5, 0.6) is 5.75 Å². The second-order valence-electron chi connectivity index (χ2n) is 5.58. The van der Waals surface area contributed by atoms with Crippen molar-refractivity contribution in [1.82, 2.24) is 0 Å². The largest absolute Gasteiger partial charge is 0.483 e. The van der Waals surface area contributed by atoms with Gasteiger partial charge in [0.1, 0.15) is 5.75 Å². The van der Waals surface area contributed by atoms with Crippen molar-refractivity contribution in [2.24, 2.45) is 0 Å². The van der Waals surface area contributed by atoms with Gasteiger partial charge in [-0.05, 0) is 55.7 Å². The van der Waals surface area contributed by atoms with Gasteiger partial charge in [0.05, 0.1) is 11.3 Å². The molecule has 1 N–H and O–H groups in total. The highest BCUT2D eigenvalue weighted by atomic mass is 19.4. The highest BCUT2D eigenvalue weighted by Gasteiger charge is 2.33. The van der Waals surface area contributed by atoms with Crippen LogP contribution in [0.15, 0.2) is 36.4 Å². The third-order valence-corrected chi connectivity index (χ3v) is 3.66. The van der Waals surface area contributed by atoms with E-state index in [4.69, 9.17) is 4.74 Å². The lowest BCUT2D eigenvalue weighted by molar-refractivity contribution is -0.137. The van der Waals surface area contributed by atoms with E-state index in [0.29, 0.717) is 5.75 Å². The van der Waals surface area contributed by atoms with Crippen molar-refractivity contribution in [2.75, 3.05) is 11.9 Å². The van der Waals surface area contributed by atoms with Crippen LogP contribution in [-0.4, -0.2) is 12.5 Å². The van der Waals surface area contributed by atoms with Crippen LogP contribution in [-0.2, 0) is 11.0 Å². The van der Waals surface area contributed by atoms with E-state index >= 15 is 0 Å². The molecule has 24 heavy (non-hydrogen) atoms. The zero-order valence-corrected chi connectivity index (χ0v) is 13.6. The zero-order chi connectivity index (χ0) is 17.9. The Morgan fingerprint density at radius 1 is 1.04 bits per heavy atom. The van der Waals surface area contributed by atoms with Crippen molar-refractivity contribution in [3.8, 4) is 5.75 Å². The molecule has 0 aliphatic rings. The summed E-state index contributed by atoms with van der Waals surface area (Å²) in [4.78, 5) is 11.9. The van der Waals surface area contributed by atoms with Gasteiger partial charge in [0.15, 0.2) is 6.61 Å². The van der Waals surface area contributed by atoms with Gasteiger partial charge in [0.2, 0.25) is 0 Å². The second-order valence-corrected chi connectivity index (χ2v) is 5.58. The van der Waals surface area contributed by atoms with E-state index < -0.39 is 17.6 Å². The molecular formula is C18H18F3NO2. The van der Waals surface area contributed by atoms with Gasteiger partial charge < -0.3 is 10.1 Å². The first-order valence-electron chi connectivity index (χ1n) is 7.35. The Bertz CT molecular complexity index is 754. The van der Waals surface area contributed by atoms with Crippen molar-refractivity contribution in [3.05, 3.63) is 58.7 Å². The molecule has 0 fully saturated rings. The average molecular weight is 337 g/mol. The Hall–Kier alpha value is -2.50. The summed E-state index contributed by atoms with van der Waals surface area (Å²) in [6.07, 6.45) is -4.53. The second kappa shape index (κ2) is 6.95. The Morgan fingerprint density at radius 3 is 2.33 bits per heavy atom. The smallest absolute Gasteiger partial charge is 0.418 e. The van der Waals surface area contributed by atoms with Crippen molar-refractivity contribution in [1.29, 1.82) is 0 Å². The van der Waals surface area contributed by atoms with E-state index in [1.165, 1.54) is 18.2 Å². The molecule has 0 saturated carbocycles. The van der Waals surface area contributed by atoms with Crippen LogP contribution in [0.25, 0.3) is 0 Å². The molecule has 0 saturated heterocycles. The lowest BCUT2D eigenvalue weighted by Gasteiger charge is -2.15. The van der Waals surface area contributed by atoms with Crippen LogP contribution in [0.1, 0.15) is 22.3 Å². The number of hydrogen-bond donors (Lipinski definition) is 1. The minimum absolute atomic E-state index is 0.282. The van der Waals surface area contributed by atoms with E-state index in [9.17, 15) is 18.0 Å². The van der Waals surface area contributed by atoms with Crippen LogP contribution >= 0.6 is 0 Å². The third kappa shape index (κ3) is 4.28. The molecule has 0 heterocycles. The monoisotopic (exact) mass is 337 g/mol. The molecule has 2 aromatic carbocycles. The third-order valence-electron chi connectivity index (χ3n) is 3.66. The van der Waals surface area contributed by atoms with E-state index in [2.05, 4.69) is 5.32 Å². The Labute approximate surface area is 138 Å².